The average Bonchev–Trinajstić information content (AvgIpc) is 2.94. The van der Waals surface area contributed by atoms with E-state index < -0.39 is 12.0 Å². The Morgan fingerprint density at radius 3 is 2.80 bits per heavy atom. The van der Waals surface area contributed by atoms with Gasteiger partial charge in [0.2, 0.25) is 0 Å². The Hall–Kier alpha value is -1.36. The minimum absolute atomic E-state index is 0.356. The van der Waals surface area contributed by atoms with E-state index in [4.69, 9.17) is 10.3 Å². The SMILES string of the molecule is COC(=O)C(N)C1(c2cc(C)on2)CC1. The van der Waals surface area contributed by atoms with Crippen LogP contribution in [0.25, 0.3) is 0 Å². The molecule has 0 spiro atoms. The number of esters is 1. The largest absolute Gasteiger partial charge is 0.468 e. The number of hydrogen-bond donors (Lipinski definition) is 1. The maximum atomic E-state index is 11.4. The monoisotopic (exact) mass is 210 g/mol. The molecule has 0 aromatic carbocycles. The van der Waals surface area contributed by atoms with Crippen molar-refractivity contribution in [2.45, 2.75) is 31.2 Å². The van der Waals surface area contributed by atoms with Crippen molar-refractivity contribution in [1.29, 1.82) is 0 Å². The van der Waals surface area contributed by atoms with Crippen molar-refractivity contribution in [2.75, 3.05) is 7.11 Å². The number of hydrogen-bond acceptors (Lipinski definition) is 5. The number of nitrogens with zero attached hydrogens (tertiary/aromatic N) is 1. The van der Waals surface area contributed by atoms with E-state index in [1.165, 1.54) is 7.11 Å². The summed E-state index contributed by atoms with van der Waals surface area (Å²) in [7, 11) is 1.34. The summed E-state index contributed by atoms with van der Waals surface area (Å²) in [6.45, 7) is 1.82. The van der Waals surface area contributed by atoms with E-state index >= 15 is 0 Å². The summed E-state index contributed by atoms with van der Waals surface area (Å²) < 4.78 is 9.64. The van der Waals surface area contributed by atoms with Gasteiger partial charge >= 0.3 is 5.97 Å². The van der Waals surface area contributed by atoms with E-state index in [0.29, 0.717) is 0 Å². The van der Waals surface area contributed by atoms with E-state index in [-0.39, 0.29) is 5.41 Å². The van der Waals surface area contributed by atoms with Crippen LogP contribution in [0, 0.1) is 6.92 Å². The Balaban J connectivity index is 2.24. The second-order valence-corrected chi connectivity index (χ2v) is 3.98. The number of rotatable bonds is 3. The average molecular weight is 210 g/mol. The first-order valence-electron chi connectivity index (χ1n) is 4.87. The molecule has 0 amide bonds. The van der Waals surface area contributed by atoms with Crippen LogP contribution in [0.15, 0.2) is 10.6 Å². The van der Waals surface area contributed by atoms with Gasteiger partial charge in [0.25, 0.3) is 0 Å². The van der Waals surface area contributed by atoms with Crippen LogP contribution in [0.5, 0.6) is 0 Å². The summed E-state index contributed by atoms with van der Waals surface area (Å²) in [6, 6.07) is 1.18. The summed E-state index contributed by atoms with van der Waals surface area (Å²) in [5.74, 6) is 0.335. The highest BCUT2D eigenvalue weighted by molar-refractivity contribution is 5.78. The van der Waals surface area contributed by atoms with Gasteiger partial charge in [-0.05, 0) is 19.8 Å². The van der Waals surface area contributed by atoms with Gasteiger partial charge in [-0.15, -0.1) is 0 Å². The molecule has 1 fully saturated rings. The third-order valence-electron chi connectivity index (χ3n) is 2.98. The molecule has 1 unspecified atom stereocenters. The maximum Gasteiger partial charge on any atom is 0.323 e. The molecule has 5 nitrogen and oxygen atoms in total. The Bertz CT molecular complexity index is 382. The van der Waals surface area contributed by atoms with E-state index in [1.807, 2.05) is 13.0 Å². The van der Waals surface area contributed by atoms with Crippen LogP contribution in [0.1, 0.15) is 24.3 Å². The molecule has 0 saturated heterocycles. The number of aromatic nitrogens is 1. The predicted molar refractivity (Wildman–Crippen MR) is 52.1 cm³/mol. The number of methoxy groups -OCH3 is 1. The third kappa shape index (κ3) is 1.52. The Labute approximate surface area is 87.6 Å². The smallest absolute Gasteiger partial charge is 0.323 e. The third-order valence-corrected chi connectivity index (χ3v) is 2.98. The molecule has 5 heteroatoms. The van der Waals surface area contributed by atoms with Gasteiger partial charge in [0.15, 0.2) is 0 Å². The molecule has 1 aliphatic rings. The molecular weight excluding hydrogens is 196 g/mol. The molecule has 15 heavy (non-hydrogen) atoms. The lowest BCUT2D eigenvalue weighted by molar-refractivity contribution is -0.143. The first-order valence-corrected chi connectivity index (χ1v) is 4.87. The van der Waals surface area contributed by atoms with Gasteiger partial charge in [-0.25, -0.2) is 0 Å². The van der Waals surface area contributed by atoms with Gasteiger partial charge in [0.05, 0.1) is 12.8 Å². The number of nitrogens with two attached hydrogens (primary N) is 1. The van der Waals surface area contributed by atoms with Crippen molar-refractivity contribution >= 4 is 5.97 Å². The van der Waals surface area contributed by atoms with Crippen molar-refractivity contribution in [1.82, 2.24) is 5.16 Å². The van der Waals surface area contributed by atoms with Crippen molar-refractivity contribution in [2.24, 2.45) is 5.73 Å². The van der Waals surface area contributed by atoms with E-state index in [2.05, 4.69) is 9.89 Å². The summed E-state index contributed by atoms with van der Waals surface area (Å²) in [5.41, 5.74) is 6.26. The minimum Gasteiger partial charge on any atom is -0.468 e. The van der Waals surface area contributed by atoms with Crippen LogP contribution in [-0.2, 0) is 14.9 Å². The van der Waals surface area contributed by atoms with Crippen LogP contribution in [0.3, 0.4) is 0 Å². The van der Waals surface area contributed by atoms with Crippen LogP contribution in [0.2, 0.25) is 0 Å². The normalized spacial score (nSPS) is 19.7. The lowest BCUT2D eigenvalue weighted by Gasteiger charge is -2.18. The van der Waals surface area contributed by atoms with Gasteiger partial charge < -0.3 is 15.0 Å². The van der Waals surface area contributed by atoms with Crippen LogP contribution in [-0.4, -0.2) is 24.3 Å². The van der Waals surface area contributed by atoms with Crippen molar-refractivity contribution in [3.05, 3.63) is 17.5 Å². The van der Waals surface area contributed by atoms with Crippen molar-refractivity contribution < 1.29 is 14.1 Å². The number of ether oxygens (including phenoxy) is 1. The van der Waals surface area contributed by atoms with Crippen molar-refractivity contribution in [3.8, 4) is 0 Å². The summed E-state index contributed by atoms with van der Waals surface area (Å²) >= 11 is 0. The van der Waals surface area contributed by atoms with E-state index in [9.17, 15) is 4.79 Å². The predicted octanol–water partition coefficient (Wildman–Crippen LogP) is 0.515. The fraction of sp³-hybridized carbons (Fsp3) is 0.600. The van der Waals surface area contributed by atoms with Gasteiger partial charge in [-0.3, -0.25) is 4.79 Å². The fourth-order valence-electron chi connectivity index (χ4n) is 1.81. The quantitative estimate of drug-likeness (QED) is 0.735. The van der Waals surface area contributed by atoms with Crippen molar-refractivity contribution in [3.63, 3.8) is 0 Å². The highest BCUT2D eigenvalue weighted by Gasteiger charge is 2.54. The highest BCUT2D eigenvalue weighted by atomic mass is 16.5. The zero-order valence-electron chi connectivity index (χ0n) is 8.82. The summed E-state index contributed by atoms with van der Waals surface area (Å²) in [4.78, 5) is 11.4. The topological polar surface area (TPSA) is 78.4 Å². The van der Waals surface area contributed by atoms with Gasteiger partial charge in [0.1, 0.15) is 11.8 Å². The molecule has 0 radical (unpaired) electrons. The highest BCUT2D eigenvalue weighted by Crippen LogP contribution is 2.50. The fourth-order valence-corrected chi connectivity index (χ4v) is 1.81. The molecule has 1 heterocycles. The molecule has 1 aliphatic carbocycles. The molecule has 1 atom stereocenters. The number of aryl methyl sites for hydroxylation is 1. The number of carbonyl (C=O) groups is 1. The van der Waals surface area contributed by atoms with Crippen LogP contribution >= 0.6 is 0 Å². The molecule has 2 rings (SSSR count). The lowest BCUT2D eigenvalue weighted by atomic mass is 9.93. The molecule has 0 aliphatic heterocycles. The summed E-state index contributed by atoms with van der Waals surface area (Å²) in [6.07, 6.45) is 1.71. The zero-order valence-corrected chi connectivity index (χ0v) is 8.82. The molecular formula is C10H14N2O3. The first kappa shape index (κ1) is 10.2. The molecule has 1 aromatic heterocycles. The second kappa shape index (κ2) is 3.34. The maximum absolute atomic E-state index is 11.4. The van der Waals surface area contributed by atoms with E-state index in [1.54, 1.807) is 0 Å². The van der Waals surface area contributed by atoms with E-state index in [0.717, 1.165) is 24.3 Å². The molecule has 82 valence electrons. The zero-order chi connectivity index (χ0) is 11.1. The minimum atomic E-state index is -0.646. The molecule has 2 N–H and O–H groups in total. The first-order chi connectivity index (χ1) is 7.10. The summed E-state index contributed by atoms with van der Waals surface area (Å²) in [5, 5.41) is 3.92. The van der Waals surface area contributed by atoms with Gasteiger partial charge in [-0.1, -0.05) is 5.16 Å². The molecule has 1 saturated carbocycles. The molecule has 1 aromatic rings. The van der Waals surface area contributed by atoms with Gasteiger partial charge in [-0.2, -0.15) is 0 Å². The molecule has 0 bridgehead atoms. The van der Waals surface area contributed by atoms with Gasteiger partial charge in [0, 0.05) is 11.5 Å². The lowest BCUT2D eigenvalue weighted by Crippen LogP contribution is -2.43. The standard InChI is InChI=1S/C10H14N2O3/c1-6-5-7(12-15-6)10(3-4-10)8(11)9(13)14-2/h5,8H,3-4,11H2,1-2H3. The van der Waals surface area contributed by atoms with Crippen LogP contribution in [0.4, 0.5) is 0 Å². The Morgan fingerprint density at radius 2 is 2.40 bits per heavy atom. The Morgan fingerprint density at radius 1 is 1.73 bits per heavy atom. The Kier molecular flexibility index (Phi) is 2.26. The number of carbonyl (C=O) groups excluding carboxylic acids is 1. The second-order valence-electron chi connectivity index (χ2n) is 3.98. The van der Waals surface area contributed by atoms with Crippen LogP contribution < -0.4 is 5.73 Å².